The van der Waals surface area contributed by atoms with Gasteiger partial charge in [-0.05, 0) is 36.8 Å². The first-order valence-corrected chi connectivity index (χ1v) is 8.45. The van der Waals surface area contributed by atoms with Crippen LogP contribution in [-0.2, 0) is 11.8 Å². The molecule has 0 unspecified atom stereocenters. The van der Waals surface area contributed by atoms with Gasteiger partial charge in [0, 0.05) is 25.2 Å². The molecule has 1 amide bonds. The fraction of sp³-hybridized carbons (Fsp3) is 0.250. The van der Waals surface area contributed by atoms with Gasteiger partial charge in [-0.3, -0.25) is 9.48 Å². The van der Waals surface area contributed by atoms with Gasteiger partial charge in [0.15, 0.2) is 5.69 Å². The summed E-state index contributed by atoms with van der Waals surface area (Å²) in [7, 11) is 4.72. The van der Waals surface area contributed by atoms with Crippen LogP contribution in [0.25, 0.3) is 11.1 Å². The first-order chi connectivity index (χ1) is 12.9. The van der Waals surface area contributed by atoms with Crippen molar-refractivity contribution < 1.29 is 18.7 Å². The number of methoxy groups -OCH3 is 1. The monoisotopic (exact) mass is 367 g/mol. The summed E-state index contributed by atoms with van der Waals surface area (Å²) < 4.78 is 11.7. The summed E-state index contributed by atoms with van der Waals surface area (Å²) in [6.07, 6.45) is 3.17. The van der Waals surface area contributed by atoms with E-state index >= 15 is 0 Å². The lowest BCUT2D eigenvalue weighted by atomic mass is 10.0. The third-order valence-corrected chi connectivity index (χ3v) is 4.59. The zero-order chi connectivity index (χ0) is 19.6. The second-order valence-corrected chi connectivity index (χ2v) is 6.21. The molecule has 0 aliphatic rings. The van der Waals surface area contributed by atoms with E-state index in [1.807, 2.05) is 19.1 Å². The number of benzene rings is 1. The Morgan fingerprint density at radius 1 is 1.26 bits per heavy atom. The Kier molecular flexibility index (Phi) is 5.12. The number of carbonyl (C=O) groups excluding carboxylic acids is 2. The molecule has 0 radical (unpaired) electrons. The third kappa shape index (κ3) is 3.48. The van der Waals surface area contributed by atoms with Gasteiger partial charge in [-0.1, -0.05) is 12.1 Å². The summed E-state index contributed by atoms with van der Waals surface area (Å²) in [5, 5.41) is 4.14. The van der Waals surface area contributed by atoms with Gasteiger partial charge in [0.05, 0.1) is 25.6 Å². The molecule has 0 saturated heterocycles. The molecule has 3 rings (SSSR count). The maximum atomic E-state index is 12.9. The summed E-state index contributed by atoms with van der Waals surface area (Å²) in [5.74, 6) is 0.0804. The van der Waals surface area contributed by atoms with Crippen LogP contribution in [-0.4, -0.2) is 40.7 Å². The van der Waals surface area contributed by atoms with Crippen LogP contribution in [0.4, 0.5) is 0 Å². The summed E-state index contributed by atoms with van der Waals surface area (Å²) in [5.41, 5.74) is 2.17. The molecule has 140 valence electrons. The number of furan rings is 1. The highest BCUT2D eigenvalue weighted by Crippen LogP contribution is 2.26. The average molecular weight is 367 g/mol. The first-order valence-electron chi connectivity index (χ1n) is 8.45. The minimum Gasteiger partial charge on any atom is -0.467 e. The average Bonchev–Trinajstić information content (AvgIpc) is 3.35. The van der Waals surface area contributed by atoms with E-state index in [-0.39, 0.29) is 11.9 Å². The Balaban J connectivity index is 1.92. The van der Waals surface area contributed by atoms with E-state index in [2.05, 4.69) is 5.10 Å². The van der Waals surface area contributed by atoms with E-state index < -0.39 is 5.97 Å². The number of aromatic nitrogens is 2. The number of aryl methyl sites for hydroxylation is 1. The second kappa shape index (κ2) is 7.49. The fourth-order valence-corrected chi connectivity index (χ4v) is 2.91. The molecule has 0 aliphatic heterocycles. The van der Waals surface area contributed by atoms with Crippen molar-refractivity contribution in [1.82, 2.24) is 14.7 Å². The highest BCUT2D eigenvalue weighted by molar-refractivity contribution is 5.98. The predicted octanol–water partition coefficient (Wildman–Crippen LogP) is 3.30. The number of carbonyl (C=O) groups is 2. The largest absolute Gasteiger partial charge is 0.467 e. The Morgan fingerprint density at radius 3 is 2.70 bits per heavy atom. The zero-order valence-electron chi connectivity index (χ0n) is 15.7. The number of hydrogen-bond acceptors (Lipinski definition) is 5. The lowest BCUT2D eigenvalue weighted by Gasteiger charge is -2.23. The molecule has 0 N–H and O–H groups in total. The van der Waals surface area contributed by atoms with E-state index in [1.54, 1.807) is 55.7 Å². The van der Waals surface area contributed by atoms with Crippen molar-refractivity contribution in [2.45, 2.75) is 13.0 Å². The lowest BCUT2D eigenvalue weighted by molar-refractivity contribution is 0.0589. The van der Waals surface area contributed by atoms with Gasteiger partial charge >= 0.3 is 5.97 Å². The van der Waals surface area contributed by atoms with E-state index in [9.17, 15) is 9.59 Å². The Labute approximate surface area is 157 Å². The van der Waals surface area contributed by atoms with Crippen molar-refractivity contribution in [3.05, 3.63) is 65.9 Å². The van der Waals surface area contributed by atoms with Gasteiger partial charge in [0.1, 0.15) is 5.76 Å². The minimum atomic E-state index is -0.481. The molecular formula is C20H21N3O4. The zero-order valence-corrected chi connectivity index (χ0v) is 15.7. The first kappa shape index (κ1) is 18.4. The van der Waals surface area contributed by atoms with Crippen molar-refractivity contribution in [2.24, 2.45) is 7.05 Å². The van der Waals surface area contributed by atoms with E-state index in [1.165, 1.54) is 11.8 Å². The molecule has 27 heavy (non-hydrogen) atoms. The highest BCUT2D eigenvalue weighted by Gasteiger charge is 2.23. The van der Waals surface area contributed by atoms with Crippen LogP contribution in [0, 0.1) is 0 Å². The molecule has 1 atom stereocenters. The number of rotatable bonds is 5. The smallest absolute Gasteiger partial charge is 0.356 e. The molecule has 0 saturated carbocycles. The molecule has 0 spiro atoms. The van der Waals surface area contributed by atoms with Crippen molar-refractivity contribution in [3.8, 4) is 11.1 Å². The maximum absolute atomic E-state index is 12.9. The van der Waals surface area contributed by atoms with Crippen molar-refractivity contribution in [3.63, 3.8) is 0 Å². The maximum Gasteiger partial charge on any atom is 0.356 e. The number of amides is 1. The van der Waals surface area contributed by atoms with Gasteiger partial charge < -0.3 is 14.1 Å². The Bertz CT molecular complexity index is 960. The van der Waals surface area contributed by atoms with Crippen molar-refractivity contribution >= 4 is 11.9 Å². The van der Waals surface area contributed by atoms with Gasteiger partial charge in [0.25, 0.3) is 5.91 Å². The normalized spacial score (nSPS) is 11.9. The molecule has 7 nitrogen and oxygen atoms in total. The van der Waals surface area contributed by atoms with Crippen molar-refractivity contribution in [1.29, 1.82) is 0 Å². The molecule has 1 aromatic carbocycles. The minimum absolute atomic E-state index is 0.149. The number of nitrogens with zero attached hydrogens (tertiary/aromatic N) is 3. The quantitative estimate of drug-likeness (QED) is 0.647. The topological polar surface area (TPSA) is 77.6 Å². The molecule has 2 aromatic heterocycles. The molecule has 0 fully saturated rings. The van der Waals surface area contributed by atoms with Crippen LogP contribution >= 0.6 is 0 Å². The van der Waals surface area contributed by atoms with Crippen LogP contribution in [0.5, 0.6) is 0 Å². The van der Waals surface area contributed by atoms with Gasteiger partial charge in [-0.15, -0.1) is 0 Å². The standard InChI is InChI=1S/C20H21N3O4/c1-13(17-9-6-10-27-17)22(2)19(24)15-8-5-7-14(11-15)16-12-21-23(3)18(16)20(25)26-4/h5-13H,1-4H3/t13-/m1/s1. The van der Waals surface area contributed by atoms with Crippen LogP contribution in [0.2, 0.25) is 0 Å². The van der Waals surface area contributed by atoms with Gasteiger partial charge in [-0.25, -0.2) is 4.79 Å². The Hall–Kier alpha value is -3.35. The number of ether oxygens (including phenoxy) is 1. The number of esters is 1. The summed E-state index contributed by atoms with van der Waals surface area (Å²) >= 11 is 0. The molecule has 0 bridgehead atoms. The van der Waals surface area contributed by atoms with Crippen LogP contribution in [0.1, 0.15) is 39.6 Å². The second-order valence-electron chi connectivity index (χ2n) is 6.21. The molecule has 2 heterocycles. The summed E-state index contributed by atoms with van der Waals surface area (Å²) in [4.78, 5) is 26.6. The molecule has 3 aromatic rings. The number of hydrogen-bond donors (Lipinski definition) is 0. The Morgan fingerprint density at radius 2 is 2.04 bits per heavy atom. The molecule has 7 heteroatoms. The van der Waals surface area contributed by atoms with Gasteiger partial charge in [-0.2, -0.15) is 5.10 Å². The summed E-state index contributed by atoms with van der Waals surface area (Å²) in [6, 6.07) is 10.5. The van der Waals surface area contributed by atoms with E-state index in [0.717, 1.165) is 0 Å². The van der Waals surface area contributed by atoms with E-state index in [4.69, 9.17) is 9.15 Å². The summed E-state index contributed by atoms with van der Waals surface area (Å²) in [6.45, 7) is 1.90. The van der Waals surface area contributed by atoms with Crippen LogP contribution in [0.3, 0.4) is 0 Å². The van der Waals surface area contributed by atoms with Crippen molar-refractivity contribution in [2.75, 3.05) is 14.2 Å². The third-order valence-electron chi connectivity index (χ3n) is 4.59. The lowest BCUT2D eigenvalue weighted by Crippen LogP contribution is -2.29. The SMILES string of the molecule is COC(=O)c1c(-c2cccc(C(=O)N(C)[C@H](C)c3ccco3)c2)cnn1C. The van der Waals surface area contributed by atoms with E-state index in [0.29, 0.717) is 28.1 Å². The molecular weight excluding hydrogens is 346 g/mol. The van der Waals surface area contributed by atoms with Crippen LogP contribution in [0.15, 0.2) is 53.3 Å². The fourth-order valence-electron chi connectivity index (χ4n) is 2.91. The van der Waals surface area contributed by atoms with Gasteiger partial charge in [0.2, 0.25) is 0 Å². The molecule has 0 aliphatic carbocycles. The van der Waals surface area contributed by atoms with Crippen LogP contribution < -0.4 is 0 Å². The highest BCUT2D eigenvalue weighted by atomic mass is 16.5. The predicted molar refractivity (Wildman–Crippen MR) is 99.2 cm³/mol.